The zero-order valence-electron chi connectivity index (χ0n) is 20.2. The van der Waals surface area contributed by atoms with E-state index in [1.165, 1.54) is 4.68 Å². The number of carbonyl (C=O) groups excluding carboxylic acids is 2. The number of nitrogens with one attached hydrogen (secondary N) is 2. The second-order valence-electron chi connectivity index (χ2n) is 10.1. The van der Waals surface area contributed by atoms with E-state index < -0.39 is 27.4 Å². The fourth-order valence-electron chi connectivity index (χ4n) is 5.27. The summed E-state index contributed by atoms with van der Waals surface area (Å²) < 4.78 is 32.9. The van der Waals surface area contributed by atoms with Crippen LogP contribution in [0.15, 0.2) is 18.2 Å². The van der Waals surface area contributed by atoms with Crippen molar-refractivity contribution in [3.05, 3.63) is 46.3 Å². The molecular weight excluding hydrogens is 468 g/mol. The van der Waals surface area contributed by atoms with E-state index in [9.17, 15) is 18.0 Å². The van der Waals surface area contributed by atoms with Crippen molar-refractivity contribution in [3.8, 4) is 5.75 Å². The number of rotatable bonds is 9. The number of nitrogens with zero attached hydrogens (tertiary/aromatic N) is 2. The van der Waals surface area contributed by atoms with E-state index in [0.29, 0.717) is 31.2 Å². The Bertz CT molecular complexity index is 1280. The Balaban J connectivity index is 1.47. The maximum absolute atomic E-state index is 13.4. The number of aryl methyl sites for hydroxylation is 2. The van der Waals surface area contributed by atoms with E-state index in [4.69, 9.17) is 4.74 Å². The summed E-state index contributed by atoms with van der Waals surface area (Å²) in [7, 11) is -3.79. The Hall–Kier alpha value is -2.88. The largest absolute Gasteiger partial charge is 0.494 e. The highest BCUT2D eigenvalue weighted by Crippen LogP contribution is 2.44. The molecule has 2 aromatic rings. The molecule has 1 aliphatic heterocycles. The molecule has 1 spiro atoms. The molecule has 1 aromatic heterocycles. The predicted molar refractivity (Wildman–Crippen MR) is 130 cm³/mol. The monoisotopic (exact) mass is 500 g/mol. The Morgan fingerprint density at radius 3 is 2.86 bits per heavy atom. The smallest absolute Gasteiger partial charge is 0.283 e. The van der Waals surface area contributed by atoms with Crippen molar-refractivity contribution < 1.29 is 22.7 Å². The number of benzene rings is 1. The lowest BCUT2D eigenvalue weighted by molar-refractivity contribution is 0.0863. The Morgan fingerprint density at radius 1 is 1.34 bits per heavy atom. The number of ether oxygens (including phenoxy) is 1. The van der Waals surface area contributed by atoms with Gasteiger partial charge in [-0.25, -0.2) is 13.1 Å². The molecule has 10 heteroatoms. The minimum atomic E-state index is -3.79. The molecule has 2 heterocycles. The summed E-state index contributed by atoms with van der Waals surface area (Å²) in [4.78, 5) is 26.4. The van der Waals surface area contributed by atoms with Crippen molar-refractivity contribution in [2.45, 2.75) is 70.4 Å². The third kappa shape index (κ3) is 4.80. The standard InChI is InChI=1S/C25H32N4O5S/c1-3-4-13-34-18-7-8-19-17(14-18)9-11-25(19)15-20-21(23(30)26-25)22(24(31)28-35(2,32)33)29(27-20)12-10-16-5-6-16/h7-8,14,16H,3-6,9-13,15H2,1-2H3,(H,26,30)(H,28,31)/t25-/m0/s1. The van der Waals surface area contributed by atoms with Crippen molar-refractivity contribution in [2.75, 3.05) is 12.9 Å². The molecule has 0 radical (unpaired) electrons. The van der Waals surface area contributed by atoms with E-state index in [1.54, 1.807) is 0 Å². The molecule has 0 saturated heterocycles. The van der Waals surface area contributed by atoms with Crippen LogP contribution in [0.5, 0.6) is 5.75 Å². The lowest BCUT2D eigenvalue weighted by atomic mass is 9.82. The Labute approximate surface area is 205 Å². The predicted octanol–water partition coefficient (Wildman–Crippen LogP) is 2.68. The van der Waals surface area contributed by atoms with Crippen LogP contribution in [0, 0.1) is 5.92 Å². The van der Waals surface area contributed by atoms with Crippen molar-refractivity contribution in [3.63, 3.8) is 0 Å². The maximum Gasteiger partial charge on any atom is 0.283 e. The first-order valence-electron chi connectivity index (χ1n) is 12.4. The molecule has 2 amide bonds. The van der Waals surface area contributed by atoms with Crippen molar-refractivity contribution in [1.82, 2.24) is 19.8 Å². The number of sulfonamides is 1. The molecule has 35 heavy (non-hydrogen) atoms. The van der Waals surface area contributed by atoms with Crippen LogP contribution in [0.3, 0.4) is 0 Å². The van der Waals surface area contributed by atoms with Crippen LogP contribution in [0.1, 0.15) is 83.1 Å². The summed E-state index contributed by atoms with van der Waals surface area (Å²) in [5, 5.41) is 7.85. The molecule has 188 valence electrons. The topological polar surface area (TPSA) is 119 Å². The van der Waals surface area contributed by atoms with Crippen LogP contribution in [0.2, 0.25) is 0 Å². The van der Waals surface area contributed by atoms with Gasteiger partial charge in [-0.15, -0.1) is 0 Å². The number of fused-ring (bicyclic) bond motifs is 3. The number of hydrogen-bond acceptors (Lipinski definition) is 6. The van der Waals surface area contributed by atoms with Crippen LogP contribution in [-0.2, 0) is 34.9 Å². The highest BCUT2D eigenvalue weighted by molar-refractivity contribution is 7.89. The molecule has 0 bridgehead atoms. The molecule has 2 N–H and O–H groups in total. The Morgan fingerprint density at radius 2 is 2.14 bits per heavy atom. The molecule has 9 nitrogen and oxygen atoms in total. The van der Waals surface area contributed by atoms with Gasteiger partial charge in [-0.3, -0.25) is 14.3 Å². The van der Waals surface area contributed by atoms with Crippen molar-refractivity contribution in [1.29, 1.82) is 0 Å². The number of carbonyl (C=O) groups is 2. The third-order valence-electron chi connectivity index (χ3n) is 7.19. The van der Waals surface area contributed by atoms with Gasteiger partial charge >= 0.3 is 0 Å². The fraction of sp³-hybridized carbons (Fsp3) is 0.560. The molecule has 1 aromatic carbocycles. The van der Waals surface area contributed by atoms with Crippen molar-refractivity contribution >= 4 is 21.8 Å². The summed E-state index contributed by atoms with van der Waals surface area (Å²) in [6.07, 6.45) is 8.12. The van der Waals surface area contributed by atoms with Crippen LogP contribution in [0.25, 0.3) is 0 Å². The minimum absolute atomic E-state index is 0.0244. The van der Waals surface area contributed by atoms with Crippen LogP contribution in [0.4, 0.5) is 0 Å². The first-order chi connectivity index (χ1) is 16.7. The molecule has 0 unspecified atom stereocenters. The molecule has 1 atom stereocenters. The SMILES string of the molecule is CCCCOc1ccc2c(c1)CC[C@]21Cc2nn(CCC3CC3)c(C(=O)NS(C)(=O)=O)c2C(=O)N1. The Kier molecular flexibility index (Phi) is 6.11. The maximum atomic E-state index is 13.4. The van der Waals surface area contributed by atoms with E-state index in [1.807, 2.05) is 16.9 Å². The zero-order chi connectivity index (χ0) is 24.8. The third-order valence-corrected chi connectivity index (χ3v) is 7.75. The number of amides is 2. The van der Waals surface area contributed by atoms with Crippen LogP contribution in [-0.4, -0.2) is 42.9 Å². The summed E-state index contributed by atoms with van der Waals surface area (Å²) in [6, 6.07) is 6.03. The summed E-state index contributed by atoms with van der Waals surface area (Å²) in [5.41, 5.74) is 2.35. The number of hydrogen-bond donors (Lipinski definition) is 2. The molecular formula is C25H32N4O5S. The van der Waals surface area contributed by atoms with Crippen LogP contribution < -0.4 is 14.8 Å². The minimum Gasteiger partial charge on any atom is -0.494 e. The van der Waals surface area contributed by atoms with Crippen LogP contribution >= 0.6 is 0 Å². The zero-order valence-corrected chi connectivity index (χ0v) is 21.0. The summed E-state index contributed by atoms with van der Waals surface area (Å²) in [5.74, 6) is 0.223. The lowest BCUT2D eigenvalue weighted by Gasteiger charge is -2.35. The molecule has 3 aliphatic rings. The quantitative estimate of drug-likeness (QED) is 0.511. The molecule has 5 rings (SSSR count). The highest BCUT2D eigenvalue weighted by Gasteiger charge is 2.47. The lowest BCUT2D eigenvalue weighted by Crippen LogP contribution is -2.50. The normalized spacial score (nSPS) is 20.9. The summed E-state index contributed by atoms with van der Waals surface area (Å²) in [6.45, 7) is 3.27. The first-order valence-corrected chi connectivity index (χ1v) is 14.3. The van der Waals surface area contributed by atoms with Gasteiger partial charge in [0.25, 0.3) is 11.8 Å². The molecule has 1 fully saturated rings. The first kappa shape index (κ1) is 23.8. The van der Waals surface area contributed by atoms with E-state index in [2.05, 4.69) is 23.4 Å². The fourth-order valence-corrected chi connectivity index (χ4v) is 5.70. The average Bonchev–Trinajstić information content (AvgIpc) is 3.46. The van der Waals surface area contributed by atoms with Gasteiger partial charge in [-0.05, 0) is 54.9 Å². The van der Waals surface area contributed by atoms with Gasteiger partial charge < -0.3 is 10.1 Å². The number of aromatic nitrogens is 2. The molecule has 1 saturated carbocycles. The van der Waals surface area contributed by atoms with E-state index in [0.717, 1.165) is 68.1 Å². The number of unbranched alkanes of at least 4 members (excludes halogenated alkanes) is 1. The second-order valence-corrected chi connectivity index (χ2v) is 11.8. The van der Waals surface area contributed by atoms with Crippen molar-refractivity contribution in [2.24, 2.45) is 5.92 Å². The summed E-state index contributed by atoms with van der Waals surface area (Å²) >= 11 is 0. The van der Waals surface area contributed by atoms with Gasteiger partial charge in [0.2, 0.25) is 10.0 Å². The molecule has 2 aliphatic carbocycles. The van der Waals surface area contributed by atoms with Gasteiger partial charge in [-0.2, -0.15) is 5.10 Å². The van der Waals surface area contributed by atoms with Gasteiger partial charge in [-0.1, -0.05) is 32.3 Å². The second kappa shape index (κ2) is 8.96. The highest BCUT2D eigenvalue weighted by atomic mass is 32.2. The van der Waals surface area contributed by atoms with Gasteiger partial charge in [0.15, 0.2) is 0 Å². The van der Waals surface area contributed by atoms with Gasteiger partial charge in [0.05, 0.1) is 29.7 Å². The van der Waals surface area contributed by atoms with Gasteiger partial charge in [0, 0.05) is 13.0 Å². The van der Waals surface area contributed by atoms with E-state index in [-0.39, 0.29) is 11.3 Å². The van der Waals surface area contributed by atoms with Gasteiger partial charge in [0.1, 0.15) is 11.4 Å². The van der Waals surface area contributed by atoms with E-state index >= 15 is 0 Å². The average molecular weight is 501 g/mol.